The fraction of sp³-hybridized carbons (Fsp3) is 0.176. The normalized spacial score (nSPS) is 11.9. The molecule has 2 rings (SSSR count). The van der Waals surface area contributed by atoms with Gasteiger partial charge in [-0.1, -0.05) is 72.8 Å². The van der Waals surface area contributed by atoms with E-state index in [1.807, 2.05) is 7.11 Å². The molecule has 0 spiro atoms. The predicted molar refractivity (Wildman–Crippen MR) is 84.5 cm³/mol. The van der Waals surface area contributed by atoms with E-state index < -0.39 is 8.32 Å². The Labute approximate surface area is 116 Å². The summed E-state index contributed by atoms with van der Waals surface area (Å²) in [4.78, 5) is 0. The van der Waals surface area contributed by atoms with Crippen LogP contribution in [-0.4, -0.2) is 15.4 Å². The molecule has 0 bridgehead atoms. The molecular weight excluding hydrogens is 248 g/mol. The zero-order valence-corrected chi connectivity index (χ0v) is 12.5. The predicted octanol–water partition coefficient (Wildman–Crippen LogP) is 2.97. The van der Waals surface area contributed by atoms with Crippen molar-refractivity contribution in [3.05, 3.63) is 72.8 Å². The Balaban J connectivity index is 2.54. The smallest absolute Gasteiger partial charge is 0.258 e. The number of hydrogen-bond donors (Lipinski definition) is 0. The molecule has 98 valence electrons. The summed E-state index contributed by atoms with van der Waals surface area (Å²) >= 11 is 0. The Bertz CT molecular complexity index is 480. The van der Waals surface area contributed by atoms with Crippen LogP contribution in [0, 0.1) is 0 Å². The Morgan fingerprint density at radius 2 is 1.37 bits per heavy atom. The lowest BCUT2D eigenvalue weighted by Gasteiger charge is -2.29. The van der Waals surface area contributed by atoms with Crippen LogP contribution in [0.4, 0.5) is 0 Å². The summed E-state index contributed by atoms with van der Waals surface area (Å²) in [5, 5.41) is 2.64. The first-order valence-electron chi connectivity index (χ1n) is 6.61. The van der Waals surface area contributed by atoms with Crippen molar-refractivity contribution in [2.24, 2.45) is 0 Å². The van der Waals surface area contributed by atoms with Gasteiger partial charge in [0, 0.05) is 7.11 Å². The summed E-state index contributed by atoms with van der Waals surface area (Å²) in [6.45, 7) is 2.06. The molecule has 0 amide bonds. The maximum Gasteiger partial charge on any atom is 0.258 e. The monoisotopic (exact) mass is 268 g/mol. The van der Waals surface area contributed by atoms with Crippen molar-refractivity contribution in [3.8, 4) is 0 Å². The maximum atomic E-state index is 6.10. The Hall–Kier alpha value is -1.64. The first-order chi connectivity index (χ1) is 9.33. The lowest BCUT2D eigenvalue weighted by molar-refractivity contribution is 0.418. The molecule has 19 heavy (non-hydrogen) atoms. The summed E-state index contributed by atoms with van der Waals surface area (Å²) in [5.41, 5.74) is 0. The zero-order valence-electron chi connectivity index (χ0n) is 11.5. The Morgan fingerprint density at radius 1 is 0.895 bits per heavy atom. The lowest BCUT2D eigenvalue weighted by Crippen LogP contribution is -2.59. The van der Waals surface area contributed by atoms with Gasteiger partial charge in [-0.3, -0.25) is 0 Å². The number of benzene rings is 2. The summed E-state index contributed by atoms with van der Waals surface area (Å²) in [6, 6.07) is 22.2. The highest BCUT2D eigenvalue weighted by Crippen LogP contribution is 2.13. The molecule has 2 aromatic carbocycles. The summed E-state index contributed by atoms with van der Waals surface area (Å²) < 4.78 is 6.10. The molecule has 0 radical (unpaired) electrons. The van der Waals surface area contributed by atoms with Crippen LogP contribution in [0.1, 0.15) is 6.92 Å². The summed E-state index contributed by atoms with van der Waals surface area (Å²) in [7, 11) is -0.286. The van der Waals surface area contributed by atoms with Gasteiger partial charge in [-0.2, -0.15) is 0 Å². The minimum Gasteiger partial charge on any atom is -0.411 e. The van der Waals surface area contributed by atoms with Crippen molar-refractivity contribution >= 4 is 18.7 Å². The van der Waals surface area contributed by atoms with E-state index in [9.17, 15) is 0 Å². The van der Waals surface area contributed by atoms with Crippen LogP contribution in [0.5, 0.6) is 0 Å². The van der Waals surface area contributed by atoms with Crippen LogP contribution in [0.3, 0.4) is 0 Å². The van der Waals surface area contributed by atoms with E-state index in [4.69, 9.17) is 4.43 Å². The van der Waals surface area contributed by atoms with E-state index in [0.717, 1.165) is 6.04 Å². The molecule has 2 heteroatoms. The van der Waals surface area contributed by atoms with Crippen molar-refractivity contribution in [1.29, 1.82) is 0 Å². The third kappa shape index (κ3) is 2.86. The van der Waals surface area contributed by atoms with Crippen molar-refractivity contribution < 1.29 is 4.43 Å². The molecule has 0 heterocycles. The van der Waals surface area contributed by atoms with Crippen LogP contribution < -0.4 is 10.4 Å². The van der Waals surface area contributed by atoms with Crippen LogP contribution in [0.2, 0.25) is 6.04 Å². The minimum absolute atomic E-state index is 0.966. The molecule has 0 unspecified atom stereocenters. The quantitative estimate of drug-likeness (QED) is 0.598. The second-order valence-electron chi connectivity index (χ2n) is 4.54. The van der Waals surface area contributed by atoms with E-state index in [0.29, 0.717) is 0 Å². The van der Waals surface area contributed by atoms with Crippen LogP contribution in [0.15, 0.2) is 72.8 Å². The van der Waals surface area contributed by atoms with E-state index in [1.54, 1.807) is 0 Å². The van der Waals surface area contributed by atoms with Gasteiger partial charge in [0.25, 0.3) is 8.32 Å². The van der Waals surface area contributed by atoms with Gasteiger partial charge in [-0.05, 0) is 23.3 Å². The molecule has 0 saturated carbocycles. The SMILES string of the molecule is C/C=C/C[Si](OC)(c1ccccc1)c1ccccc1. The average molecular weight is 268 g/mol. The summed E-state index contributed by atoms with van der Waals surface area (Å²) in [5.74, 6) is 0. The Kier molecular flexibility index (Phi) is 4.72. The average Bonchev–Trinajstić information content (AvgIpc) is 2.51. The van der Waals surface area contributed by atoms with Crippen molar-refractivity contribution in [2.45, 2.75) is 13.0 Å². The fourth-order valence-corrected chi connectivity index (χ4v) is 5.89. The molecule has 1 nitrogen and oxygen atoms in total. The van der Waals surface area contributed by atoms with Crippen LogP contribution >= 0.6 is 0 Å². The standard InChI is InChI=1S/C17H20OSi/c1-3-4-15-19(18-2,16-11-7-5-8-12-16)17-13-9-6-10-14-17/h3-14H,15H2,1-2H3/b4-3+. The van der Waals surface area contributed by atoms with Gasteiger partial charge in [0.2, 0.25) is 0 Å². The highest BCUT2D eigenvalue weighted by Gasteiger charge is 2.37. The van der Waals surface area contributed by atoms with E-state index in [2.05, 4.69) is 79.7 Å². The zero-order chi connectivity index (χ0) is 13.6. The molecule has 0 N–H and O–H groups in total. The molecular formula is C17H20OSi. The second kappa shape index (κ2) is 6.50. The Morgan fingerprint density at radius 3 is 1.74 bits per heavy atom. The largest absolute Gasteiger partial charge is 0.411 e. The molecule has 0 saturated heterocycles. The molecule has 0 aliphatic carbocycles. The first kappa shape index (κ1) is 13.8. The van der Waals surface area contributed by atoms with Gasteiger partial charge >= 0.3 is 0 Å². The van der Waals surface area contributed by atoms with Gasteiger partial charge in [0.1, 0.15) is 0 Å². The van der Waals surface area contributed by atoms with E-state index in [-0.39, 0.29) is 0 Å². The fourth-order valence-electron chi connectivity index (χ4n) is 2.42. The molecule has 0 aliphatic rings. The number of hydrogen-bond acceptors (Lipinski definition) is 1. The minimum atomic E-state index is -2.13. The molecule has 0 aliphatic heterocycles. The van der Waals surface area contributed by atoms with Gasteiger partial charge in [0.15, 0.2) is 0 Å². The van der Waals surface area contributed by atoms with Crippen molar-refractivity contribution in [3.63, 3.8) is 0 Å². The third-order valence-electron chi connectivity index (χ3n) is 3.47. The van der Waals surface area contributed by atoms with Crippen LogP contribution in [0.25, 0.3) is 0 Å². The molecule has 0 aromatic heterocycles. The summed E-state index contributed by atoms with van der Waals surface area (Å²) in [6.07, 6.45) is 4.32. The van der Waals surface area contributed by atoms with Crippen LogP contribution in [-0.2, 0) is 4.43 Å². The highest BCUT2D eigenvalue weighted by atomic mass is 28.4. The van der Waals surface area contributed by atoms with Gasteiger partial charge < -0.3 is 4.43 Å². The second-order valence-corrected chi connectivity index (χ2v) is 8.16. The molecule has 0 fully saturated rings. The van der Waals surface area contributed by atoms with Crippen molar-refractivity contribution in [2.75, 3.05) is 7.11 Å². The van der Waals surface area contributed by atoms with Gasteiger partial charge in [0.05, 0.1) is 0 Å². The van der Waals surface area contributed by atoms with Gasteiger partial charge in [-0.25, -0.2) is 0 Å². The maximum absolute atomic E-state index is 6.10. The third-order valence-corrected chi connectivity index (χ3v) is 7.51. The molecule has 2 aromatic rings. The number of allylic oxidation sites excluding steroid dienone is 2. The van der Waals surface area contributed by atoms with Crippen molar-refractivity contribution in [1.82, 2.24) is 0 Å². The highest BCUT2D eigenvalue weighted by molar-refractivity contribution is 6.97. The molecule has 0 atom stereocenters. The lowest BCUT2D eigenvalue weighted by atomic mass is 10.4. The number of rotatable bonds is 5. The van der Waals surface area contributed by atoms with Gasteiger partial charge in [-0.15, -0.1) is 0 Å². The van der Waals surface area contributed by atoms with E-state index >= 15 is 0 Å². The first-order valence-corrected chi connectivity index (χ1v) is 8.72. The van der Waals surface area contributed by atoms with E-state index in [1.165, 1.54) is 10.4 Å². The topological polar surface area (TPSA) is 9.23 Å².